The van der Waals surface area contributed by atoms with E-state index in [9.17, 15) is 24.0 Å². The van der Waals surface area contributed by atoms with Crippen LogP contribution in [0.3, 0.4) is 0 Å². The van der Waals surface area contributed by atoms with Crippen molar-refractivity contribution in [3.05, 3.63) is 108 Å². The van der Waals surface area contributed by atoms with Crippen molar-refractivity contribution < 1.29 is 28.7 Å². The Labute approximate surface area is 258 Å². The number of benzene rings is 3. The van der Waals surface area contributed by atoms with E-state index in [2.05, 4.69) is 21.3 Å². The molecule has 4 N–H and O–H groups in total. The topological polar surface area (TPSA) is 143 Å². The molecule has 0 spiro atoms. The molecule has 3 atom stereocenters. The third-order valence-electron chi connectivity index (χ3n) is 6.72. The maximum absolute atomic E-state index is 13.5. The second-order valence-electron chi connectivity index (χ2n) is 10.9. The first-order chi connectivity index (χ1) is 21.1. The minimum absolute atomic E-state index is 0.00241. The molecule has 232 valence electrons. The molecule has 44 heavy (non-hydrogen) atoms. The van der Waals surface area contributed by atoms with Crippen molar-refractivity contribution in [3.8, 4) is 0 Å². The Morgan fingerprint density at radius 2 is 1.16 bits per heavy atom. The maximum Gasteiger partial charge on any atom is 0.408 e. The molecule has 0 aliphatic heterocycles. The van der Waals surface area contributed by atoms with Crippen molar-refractivity contribution in [3.63, 3.8) is 0 Å². The lowest BCUT2D eigenvalue weighted by Crippen LogP contribution is -2.57. The van der Waals surface area contributed by atoms with Gasteiger partial charge in [0.2, 0.25) is 17.6 Å². The summed E-state index contributed by atoms with van der Waals surface area (Å²) in [5.41, 5.74) is 2.36. The second-order valence-corrected chi connectivity index (χ2v) is 10.9. The van der Waals surface area contributed by atoms with Gasteiger partial charge in [0, 0.05) is 13.0 Å². The van der Waals surface area contributed by atoms with Gasteiger partial charge >= 0.3 is 6.09 Å². The fourth-order valence-corrected chi connectivity index (χ4v) is 4.36. The fraction of sp³-hybridized carbons (Fsp3) is 0.324. The van der Waals surface area contributed by atoms with Crippen LogP contribution >= 0.6 is 0 Å². The molecule has 0 heterocycles. The monoisotopic (exact) mass is 600 g/mol. The van der Waals surface area contributed by atoms with Crippen LogP contribution in [0.5, 0.6) is 0 Å². The first-order valence-electron chi connectivity index (χ1n) is 14.6. The molecule has 3 rings (SSSR count). The molecule has 0 radical (unpaired) electrons. The van der Waals surface area contributed by atoms with Crippen molar-refractivity contribution in [2.45, 2.75) is 64.9 Å². The Morgan fingerprint density at radius 3 is 1.73 bits per heavy atom. The highest BCUT2D eigenvalue weighted by Gasteiger charge is 2.31. The van der Waals surface area contributed by atoms with Gasteiger partial charge in [0.15, 0.2) is 0 Å². The van der Waals surface area contributed by atoms with E-state index in [1.54, 1.807) is 36.4 Å². The number of alkyl carbamates (subject to hydrolysis) is 1. The number of ketones is 1. The van der Waals surface area contributed by atoms with E-state index in [1.165, 1.54) is 6.92 Å². The third-order valence-corrected chi connectivity index (χ3v) is 6.72. The lowest BCUT2D eigenvalue weighted by molar-refractivity contribution is -0.140. The highest BCUT2D eigenvalue weighted by atomic mass is 16.5. The number of rotatable bonds is 15. The quantitative estimate of drug-likeness (QED) is 0.197. The number of nitrogens with one attached hydrogen (secondary N) is 4. The van der Waals surface area contributed by atoms with Crippen LogP contribution < -0.4 is 21.3 Å². The Balaban J connectivity index is 1.65. The number of carbonyl (C=O) groups excluding carboxylic acids is 5. The van der Waals surface area contributed by atoms with Crippen molar-refractivity contribution in [2.24, 2.45) is 5.92 Å². The zero-order chi connectivity index (χ0) is 31.9. The number of hydrogen-bond donors (Lipinski definition) is 4. The number of ether oxygens (including phenoxy) is 1. The molecule has 0 saturated heterocycles. The van der Waals surface area contributed by atoms with Crippen molar-refractivity contribution in [2.75, 3.05) is 0 Å². The van der Waals surface area contributed by atoms with Gasteiger partial charge in [-0.2, -0.15) is 0 Å². The van der Waals surface area contributed by atoms with Crippen LogP contribution in [0.4, 0.5) is 4.79 Å². The summed E-state index contributed by atoms with van der Waals surface area (Å²) in [6, 6.07) is 24.1. The van der Waals surface area contributed by atoms with Crippen molar-refractivity contribution >= 4 is 29.6 Å². The van der Waals surface area contributed by atoms with E-state index in [1.807, 2.05) is 68.4 Å². The molecule has 0 fully saturated rings. The van der Waals surface area contributed by atoms with Gasteiger partial charge in [0.05, 0.1) is 0 Å². The molecule has 3 aromatic rings. The van der Waals surface area contributed by atoms with Crippen LogP contribution in [0.1, 0.15) is 43.9 Å². The van der Waals surface area contributed by atoms with Crippen LogP contribution in [-0.4, -0.2) is 47.7 Å². The van der Waals surface area contributed by atoms with Crippen molar-refractivity contribution in [1.82, 2.24) is 21.3 Å². The summed E-state index contributed by atoms with van der Waals surface area (Å²) in [5, 5.41) is 10.5. The highest BCUT2D eigenvalue weighted by Crippen LogP contribution is 2.10. The molecular formula is C34H40N4O6. The number of hydrogen-bond acceptors (Lipinski definition) is 6. The molecule has 0 saturated carbocycles. The van der Waals surface area contributed by atoms with E-state index in [0.717, 1.165) is 16.7 Å². The summed E-state index contributed by atoms with van der Waals surface area (Å²) in [5.74, 6) is -2.84. The first-order valence-corrected chi connectivity index (χ1v) is 14.6. The van der Waals surface area contributed by atoms with Crippen molar-refractivity contribution in [1.29, 1.82) is 0 Å². The minimum atomic E-state index is -1.17. The van der Waals surface area contributed by atoms with Gasteiger partial charge in [0.1, 0.15) is 24.7 Å². The molecular weight excluding hydrogens is 560 g/mol. The van der Waals surface area contributed by atoms with Crippen LogP contribution in [0.25, 0.3) is 0 Å². The summed E-state index contributed by atoms with van der Waals surface area (Å²) in [6.07, 6.45) is -0.441. The Kier molecular flexibility index (Phi) is 13.1. The van der Waals surface area contributed by atoms with Gasteiger partial charge in [-0.1, -0.05) is 105 Å². The number of amides is 4. The van der Waals surface area contributed by atoms with Gasteiger partial charge in [-0.05, 0) is 36.0 Å². The molecule has 0 aliphatic carbocycles. The zero-order valence-electron chi connectivity index (χ0n) is 25.2. The van der Waals surface area contributed by atoms with E-state index in [0.29, 0.717) is 0 Å². The average molecular weight is 601 g/mol. The molecule has 10 heteroatoms. The molecule has 3 aromatic carbocycles. The van der Waals surface area contributed by atoms with Gasteiger partial charge in [-0.15, -0.1) is 0 Å². The molecule has 4 amide bonds. The minimum Gasteiger partial charge on any atom is -0.445 e. The SMILES string of the molecule is CC(C)C[C@H](NC(=O)[C@H](C)NC(=O)OCc1ccccc1)C(=O)N[C@@H](Cc1ccccc1)C(=O)C(=O)NCc1ccccc1. The van der Waals surface area contributed by atoms with E-state index >= 15 is 0 Å². The number of Topliss-reactive ketones (excluding diaryl/α,β-unsaturated/α-hetero) is 1. The summed E-state index contributed by atoms with van der Waals surface area (Å²) in [6.45, 7) is 5.44. The summed E-state index contributed by atoms with van der Waals surface area (Å²) in [4.78, 5) is 64.9. The molecule has 0 bridgehead atoms. The normalized spacial score (nSPS) is 12.7. The summed E-state index contributed by atoms with van der Waals surface area (Å²) >= 11 is 0. The third kappa shape index (κ3) is 11.4. The Hall–Kier alpha value is -4.99. The molecule has 0 unspecified atom stereocenters. The van der Waals surface area contributed by atoms with Gasteiger partial charge < -0.3 is 26.0 Å². The summed E-state index contributed by atoms with van der Waals surface area (Å²) < 4.78 is 5.19. The lowest BCUT2D eigenvalue weighted by Gasteiger charge is -2.25. The average Bonchev–Trinajstić information content (AvgIpc) is 3.02. The predicted octanol–water partition coefficient (Wildman–Crippen LogP) is 3.45. The molecule has 10 nitrogen and oxygen atoms in total. The molecule has 0 aliphatic rings. The van der Waals surface area contributed by atoms with Crippen LogP contribution in [-0.2, 0) is 43.5 Å². The van der Waals surface area contributed by atoms with Crippen LogP contribution in [0, 0.1) is 5.92 Å². The Bertz CT molecular complexity index is 1380. The maximum atomic E-state index is 13.5. The smallest absolute Gasteiger partial charge is 0.408 e. The number of carbonyl (C=O) groups is 5. The van der Waals surface area contributed by atoms with E-state index < -0.39 is 47.7 Å². The largest absolute Gasteiger partial charge is 0.445 e. The van der Waals surface area contributed by atoms with E-state index in [4.69, 9.17) is 4.74 Å². The summed E-state index contributed by atoms with van der Waals surface area (Å²) in [7, 11) is 0. The van der Waals surface area contributed by atoms with Crippen LogP contribution in [0.2, 0.25) is 0 Å². The molecule has 0 aromatic heterocycles. The first kappa shape index (κ1) is 33.5. The van der Waals surface area contributed by atoms with Gasteiger partial charge in [-0.3, -0.25) is 19.2 Å². The highest BCUT2D eigenvalue weighted by molar-refractivity contribution is 6.38. The van der Waals surface area contributed by atoms with Gasteiger partial charge in [0.25, 0.3) is 5.91 Å². The second kappa shape index (κ2) is 17.2. The predicted molar refractivity (Wildman–Crippen MR) is 166 cm³/mol. The standard InChI is InChI=1S/C34H40N4O6/c1-23(2)19-29(38-31(40)24(3)36-34(43)44-22-27-17-11-6-12-18-27)32(41)37-28(20-25-13-7-4-8-14-25)30(39)33(42)35-21-26-15-9-5-10-16-26/h4-18,23-24,28-29H,19-22H2,1-3H3,(H,35,42)(H,36,43)(H,37,41)(H,38,40)/t24-,28-,29-/m0/s1. The van der Waals surface area contributed by atoms with E-state index in [-0.39, 0.29) is 31.9 Å². The lowest BCUT2D eigenvalue weighted by atomic mass is 9.99. The van der Waals surface area contributed by atoms with Crippen LogP contribution in [0.15, 0.2) is 91.0 Å². The fourth-order valence-electron chi connectivity index (χ4n) is 4.36. The zero-order valence-corrected chi connectivity index (χ0v) is 25.2. The Morgan fingerprint density at radius 1 is 0.636 bits per heavy atom. The van der Waals surface area contributed by atoms with Gasteiger partial charge in [-0.25, -0.2) is 4.79 Å².